The highest BCUT2D eigenvalue weighted by molar-refractivity contribution is 9.10. The summed E-state index contributed by atoms with van der Waals surface area (Å²) in [7, 11) is 1.54. The first-order valence-corrected chi connectivity index (χ1v) is 4.60. The molecule has 13 heavy (non-hydrogen) atoms. The zero-order valence-electron chi connectivity index (χ0n) is 6.87. The van der Waals surface area contributed by atoms with Gasteiger partial charge >= 0.3 is 0 Å². The van der Waals surface area contributed by atoms with Crippen LogP contribution in [0.25, 0.3) is 0 Å². The Hall–Kier alpha value is -0.880. The Morgan fingerprint density at radius 2 is 2.38 bits per heavy atom. The number of aromatic nitrogens is 1. The van der Waals surface area contributed by atoms with E-state index in [9.17, 15) is 0 Å². The van der Waals surface area contributed by atoms with Crippen molar-refractivity contribution in [3.63, 3.8) is 0 Å². The minimum atomic E-state index is 0.178. The van der Waals surface area contributed by atoms with Gasteiger partial charge in [-0.1, -0.05) is 0 Å². The van der Waals surface area contributed by atoms with Gasteiger partial charge in [0.25, 0.3) is 0 Å². The molecule has 0 saturated heterocycles. The van der Waals surface area contributed by atoms with Crippen LogP contribution in [-0.4, -0.2) is 17.2 Å². The molecule has 0 aromatic carbocycles. The first-order valence-electron chi connectivity index (χ1n) is 3.40. The second kappa shape index (κ2) is 4.38. The van der Waals surface area contributed by atoms with Crippen LogP contribution in [0, 0.1) is 0 Å². The topological polar surface area (TPSA) is 60.2 Å². The maximum Gasteiger partial charge on any atom is 0.229 e. The number of rotatable bonds is 2. The van der Waals surface area contributed by atoms with E-state index >= 15 is 0 Å². The minimum Gasteiger partial charge on any atom is -0.480 e. The number of hydrogen-bond donors (Lipinski definition) is 2. The molecule has 0 spiro atoms. The van der Waals surface area contributed by atoms with E-state index in [4.69, 9.17) is 10.5 Å². The van der Waals surface area contributed by atoms with E-state index < -0.39 is 0 Å². The summed E-state index contributed by atoms with van der Waals surface area (Å²) in [5, 5.41) is 2.88. The Morgan fingerprint density at radius 1 is 1.69 bits per heavy atom. The number of nitrogens with two attached hydrogens (primary N) is 1. The Balaban J connectivity index is 2.92. The van der Waals surface area contributed by atoms with Crippen LogP contribution in [0.3, 0.4) is 0 Å². The third-order valence-electron chi connectivity index (χ3n) is 1.26. The lowest BCUT2D eigenvalue weighted by Crippen LogP contribution is -2.19. The van der Waals surface area contributed by atoms with E-state index in [2.05, 4.69) is 38.4 Å². The summed E-state index contributed by atoms with van der Waals surface area (Å²) in [4.78, 5) is 4.08. The first-order chi connectivity index (χ1) is 6.13. The molecule has 6 heteroatoms. The molecule has 1 rings (SSSR count). The minimum absolute atomic E-state index is 0.178. The van der Waals surface area contributed by atoms with Crippen molar-refractivity contribution in [3.05, 3.63) is 16.6 Å². The monoisotopic (exact) mass is 261 g/mol. The van der Waals surface area contributed by atoms with Crippen molar-refractivity contribution in [1.82, 2.24) is 4.98 Å². The molecule has 0 bridgehead atoms. The van der Waals surface area contributed by atoms with Crippen molar-refractivity contribution >= 4 is 39.1 Å². The molecule has 0 amide bonds. The van der Waals surface area contributed by atoms with Gasteiger partial charge in [0.1, 0.15) is 5.82 Å². The van der Waals surface area contributed by atoms with Crippen molar-refractivity contribution in [1.29, 1.82) is 0 Å². The summed E-state index contributed by atoms with van der Waals surface area (Å²) in [5.41, 5.74) is 5.28. The highest BCUT2D eigenvalue weighted by Gasteiger charge is 2.02. The van der Waals surface area contributed by atoms with E-state index in [1.165, 1.54) is 7.11 Å². The smallest absolute Gasteiger partial charge is 0.229 e. The predicted molar refractivity (Wildman–Crippen MR) is 58.9 cm³/mol. The fourth-order valence-corrected chi connectivity index (χ4v) is 1.25. The lowest BCUT2D eigenvalue weighted by atomic mass is 10.4. The summed E-state index contributed by atoms with van der Waals surface area (Å²) >= 11 is 7.94. The van der Waals surface area contributed by atoms with Crippen LogP contribution in [0.2, 0.25) is 0 Å². The Morgan fingerprint density at radius 3 is 2.92 bits per heavy atom. The van der Waals surface area contributed by atoms with Gasteiger partial charge in [-0.15, -0.1) is 0 Å². The zero-order chi connectivity index (χ0) is 9.84. The van der Waals surface area contributed by atoms with Gasteiger partial charge in [-0.25, -0.2) is 0 Å². The third-order valence-corrected chi connectivity index (χ3v) is 1.96. The Labute approximate surface area is 89.6 Å². The molecule has 0 aliphatic heterocycles. The second-order valence-electron chi connectivity index (χ2n) is 2.18. The number of pyridine rings is 1. The van der Waals surface area contributed by atoms with Crippen molar-refractivity contribution in [2.75, 3.05) is 12.4 Å². The Bertz CT molecular complexity index is 332. The van der Waals surface area contributed by atoms with Gasteiger partial charge in [-0.05, 0) is 40.3 Å². The van der Waals surface area contributed by atoms with Crippen LogP contribution in [0.15, 0.2) is 16.6 Å². The number of hydrogen-bond acceptors (Lipinski definition) is 3. The van der Waals surface area contributed by atoms with Crippen LogP contribution in [0.4, 0.5) is 5.82 Å². The molecule has 0 unspecified atom stereocenters. The quantitative estimate of drug-likeness (QED) is 0.791. The molecular weight excluding hydrogens is 254 g/mol. The molecule has 0 aliphatic rings. The number of anilines is 1. The molecule has 70 valence electrons. The summed E-state index contributed by atoms with van der Waals surface area (Å²) in [6, 6.07) is 3.54. The van der Waals surface area contributed by atoms with Gasteiger partial charge < -0.3 is 15.8 Å². The summed E-state index contributed by atoms with van der Waals surface area (Å²) in [6.45, 7) is 0. The average Bonchev–Trinajstić information content (AvgIpc) is 2.07. The number of nitrogens with one attached hydrogen (secondary N) is 1. The van der Waals surface area contributed by atoms with Gasteiger partial charge in [-0.2, -0.15) is 4.98 Å². The lowest BCUT2D eigenvalue weighted by Gasteiger charge is -2.05. The molecule has 0 atom stereocenters. The largest absolute Gasteiger partial charge is 0.480 e. The highest BCUT2D eigenvalue weighted by Crippen LogP contribution is 2.23. The third kappa shape index (κ3) is 2.82. The van der Waals surface area contributed by atoms with E-state index in [1.54, 1.807) is 12.1 Å². The van der Waals surface area contributed by atoms with Gasteiger partial charge in [-0.3, -0.25) is 0 Å². The number of methoxy groups -OCH3 is 1. The van der Waals surface area contributed by atoms with Crippen LogP contribution in [0.5, 0.6) is 5.88 Å². The molecule has 0 fully saturated rings. The molecular formula is C7H8BrN3OS. The molecule has 3 N–H and O–H groups in total. The normalized spacial score (nSPS) is 9.38. The molecule has 1 aromatic heterocycles. The zero-order valence-corrected chi connectivity index (χ0v) is 9.28. The van der Waals surface area contributed by atoms with Crippen molar-refractivity contribution in [2.24, 2.45) is 5.73 Å². The number of ether oxygens (including phenoxy) is 1. The van der Waals surface area contributed by atoms with E-state index in [1.807, 2.05) is 0 Å². The SMILES string of the molecule is COc1nc(NC(N)=S)ccc1Br. The number of nitrogens with zero attached hydrogens (tertiary/aromatic N) is 1. The van der Waals surface area contributed by atoms with Gasteiger partial charge in [0.05, 0.1) is 11.6 Å². The first kappa shape index (κ1) is 10.2. The maximum absolute atomic E-state index is 5.28. The predicted octanol–water partition coefficient (Wildman–Crippen LogP) is 1.51. The molecule has 4 nitrogen and oxygen atoms in total. The van der Waals surface area contributed by atoms with E-state index in [-0.39, 0.29) is 5.11 Å². The van der Waals surface area contributed by atoms with Crippen molar-refractivity contribution in [3.8, 4) is 5.88 Å². The average molecular weight is 262 g/mol. The fourth-order valence-electron chi connectivity index (χ4n) is 0.762. The lowest BCUT2D eigenvalue weighted by molar-refractivity contribution is 0.396. The van der Waals surface area contributed by atoms with E-state index in [0.29, 0.717) is 11.7 Å². The van der Waals surface area contributed by atoms with E-state index in [0.717, 1.165) is 4.47 Å². The van der Waals surface area contributed by atoms with Crippen LogP contribution < -0.4 is 15.8 Å². The second-order valence-corrected chi connectivity index (χ2v) is 3.47. The highest BCUT2D eigenvalue weighted by atomic mass is 79.9. The van der Waals surface area contributed by atoms with Crippen molar-refractivity contribution < 1.29 is 4.74 Å². The molecule has 0 saturated carbocycles. The maximum atomic E-state index is 5.28. The van der Waals surface area contributed by atoms with Gasteiger partial charge in [0.2, 0.25) is 5.88 Å². The van der Waals surface area contributed by atoms with Gasteiger partial charge in [0, 0.05) is 0 Å². The van der Waals surface area contributed by atoms with Crippen molar-refractivity contribution in [2.45, 2.75) is 0 Å². The number of thiocarbonyl (C=S) groups is 1. The summed E-state index contributed by atoms with van der Waals surface area (Å²) < 4.78 is 5.77. The molecule has 0 radical (unpaired) electrons. The fraction of sp³-hybridized carbons (Fsp3) is 0.143. The van der Waals surface area contributed by atoms with Gasteiger partial charge in [0.15, 0.2) is 5.11 Å². The molecule has 0 aliphatic carbocycles. The molecule has 1 heterocycles. The van der Waals surface area contributed by atoms with Crippen LogP contribution in [0.1, 0.15) is 0 Å². The summed E-state index contributed by atoms with van der Waals surface area (Å²) in [6.07, 6.45) is 0. The summed E-state index contributed by atoms with van der Waals surface area (Å²) in [5.74, 6) is 1.05. The Kier molecular flexibility index (Phi) is 3.44. The number of halogens is 1. The molecule has 1 aromatic rings. The van der Waals surface area contributed by atoms with Crippen LogP contribution >= 0.6 is 28.1 Å². The van der Waals surface area contributed by atoms with Crippen LogP contribution in [-0.2, 0) is 0 Å². The standard InChI is InChI=1S/C7H8BrN3OS/c1-12-6-4(8)2-3-5(10-6)11-7(9)13/h2-3H,1H3,(H3,9,10,11,13).